The zero-order valence-electron chi connectivity index (χ0n) is 12.9. The third kappa shape index (κ3) is 4.63. The Hall–Kier alpha value is -2.21. The van der Waals surface area contributed by atoms with Gasteiger partial charge in [-0.15, -0.1) is 0 Å². The van der Waals surface area contributed by atoms with Gasteiger partial charge in [0.25, 0.3) is 0 Å². The molecule has 0 aliphatic heterocycles. The molecule has 0 heterocycles. The maximum absolute atomic E-state index is 12.1. The molecule has 0 saturated carbocycles. The third-order valence-corrected chi connectivity index (χ3v) is 3.55. The average molecular weight is 381 g/mol. The van der Waals surface area contributed by atoms with Crippen molar-refractivity contribution in [3.05, 3.63) is 52.5 Å². The molecule has 0 saturated heterocycles. The number of methoxy groups -OCH3 is 2. The number of esters is 1. The second kappa shape index (κ2) is 8.43. The summed E-state index contributed by atoms with van der Waals surface area (Å²) in [5.41, 5.74) is 0.315. The van der Waals surface area contributed by atoms with Gasteiger partial charge in [0.05, 0.1) is 14.2 Å². The molecule has 0 aliphatic carbocycles. The van der Waals surface area contributed by atoms with Gasteiger partial charge in [0, 0.05) is 4.47 Å². The lowest BCUT2D eigenvalue weighted by Gasteiger charge is -2.12. The molecule has 2 aromatic carbocycles. The maximum atomic E-state index is 12.1. The van der Waals surface area contributed by atoms with Gasteiger partial charge in [0.1, 0.15) is 24.5 Å². The summed E-state index contributed by atoms with van der Waals surface area (Å²) >= 11 is 3.35. The number of carbonyl (C=O) groups excluding carboxylic acids is 1. The minimum atomic E-state index is -0.486. The Morgan fingerprint density at radius 2 is 1.74 bits per heavy atom. The first-order chi connectivity index (χ1) is 11.2. The summed E-state index contributed by atoms with van der Waals surface area (Å²) < 4.78 is 22.0. The fourth-order valence-electron chi connectivity index (χ4n) is 1.95. The molecule has 0 spiro atoms. The molecule has 6 heteroatoms. The molecular formula is C17H17BrO5. The predicted octanol–water partition coefficient (Wildman–Crippen LogP) is 3.70. The van der Waals surface area contributed by atoms with Crippen LogP contribution < -0.4 is 14.2 Å². The van der Waals surface area contributed by atoms with Gasteiger partial charge in [0.15, 0.2) is 11.5 Å². The number of hydrogen-bond donors (Lipinski definition) is 0. The van der Waals surface area contributed by atoms with Gasteiger partial charge >= 0.3 is 5.97 Å². The van der Waals surface area contributed by atoms with Crippen molar-refractivity contribution in [1.29, 1.82) is 0 Å². The van der Waals surface area contributed by atoms with E-state index >= 15 is 0 Å². The lowest BCUT2D eigenvalue weighted by atomic mass is 10.2. The van der Waals surface area contributed by atoms with Crippen LogP contribution in [-0.4, -0.2) is 33.4 Å². The van der Waals surface area contributed by atoms with Crippen LogP contribution in [0.4, 0.5) is 0 Å². The van der Waals surface area contributed by atoms with Crippen LogP contribution in [0.2, 0.25) is 0 Å². The van der Waals surface area contributed by atoms with Crippen LogP contribution in [0.15, 0.2) is 46.9 Å². The van der Waals surface area contributed by atoms with Gasteiger partial charge in [-0.05, 0) is 36.4 Å². The highest BCUT2D eigenvalue weighted by Gasteiger charge is 2.17. The number of halogens is 1. The summed E-state index contributed by atoms with van der Waals surface area (Å²) in [6, 6.07) is 12.5. The minimum Gasteiger partial charge on any atom is -0.493 e. The molecule has 0 atom stereocenters. The fourth-order valence-corrected chi connectivity index (χ4v) is 2.21. The third-order valence-electron chi connectivity index (χ3n) is 3.02. The number of rotatable bonds is 7. The second-order valence-electron chi connectivity index (χ2n) is 4.48. The van der Waals surface area contributed by atoms with Crippen molar-refractivity contribution in [2.24, 2.45) is 0 Å². The van der Waals surface area contributed by atoms with E-state index in [1.54, 1.807) is 18.2 Å². The Bertz CT molecular complexity index is 655. The van der Waals surface area contributed by atoms with E-state index in [0.717, 1.165) is 4.47 Å². The molecule has 5 nitrogen and oxygen atoms in total. The molecule has 0 bridgehead atoms. The highest BCUT2D eigenvalue weighted by molar-refractivity contribution is 9.10. The van der Waals surface area contributed by atoms with Crippen molar-refractivity contribution in [3.8, 4) is 17.2 Å². The van der Waals surface area contributed by atoms with E-state index in [9.17, 15) is 4.79 Å². The molecule has 0 aromatic heterocycles. The smallest absolute Gasteiger partial charge is 0.342 e. The molecule has 23 heavy (non-hydrogen) atoms. The van der Waals surface area contributed by atoms with Crippen molar-refractivity contribution in [3.63, 3.8) is 0 Å². The van der Waals surface area contributed by atoms with Crippen molar-refractivity contribution in [2.45, 2.75) is 0 Å². The monoisotopic (exact) mass is 380 g/mol. The van der Waals surface area contributed by atoms with Crippen LogP contribution in [-0.2, 0) is 4.74 Å². The van der Waals surface area contributed by atoms with E-state index in [1.807, 2.05) is 24.3 Å². The maximum Gasteiger partial charge on any atom is 0.342 e. The molecule has 0 amide bonds. The Morgan fingerprint density at radius 1 is 1.00 bits per heavy atom. The summed E-state index contributed by atoms with van der Waals surface area (Å²) in [5, 5.41) is 0. The molecule has 122 valence electrons. The normalized spacial score (nSPS) is 10.0. The van der Waals surface area contributed by atoms with Crippen molar-refractivity contribution in [2.75, 3.05) is 27.4 Å². The number of carbonyl (C=O) groups is 1. The molecular weight excluding hydrogens is 364 g/mol. The Morgan fingerprint density at radius 3 is 2.39 bits per heavy atom. The second-order valence-corrected chi connectivity index (χ2v) is 5.40. The van der Waals surface area contributed by atoms with E-state index in [4.69, 9.17) is 18.9 Å². The largest absolute Gasteiger partial charge is 0.493 e. The summed E-state index contributed by atoms with van der Waals surface area (Å²) in [5.74, 6) is 1.06. The zero-order chi connectivity index (χ0) is 16.7. The van der Waals surface area contributed by atoms with Crippen LogP contribution in [0.3, 0.4) is 0 Å². The lowest BCUT2D eigenvalue weighted by molar-refractivity contribution is 0.0446. The summed E-state index contributed by atoms with van der Waals surface area (Å²) in [4.78, 5) is 12.1. The first kappa shape index (κ1) is 17.1. The van der Waals surface area contributed by atoms with Gasteiger partial charge in [0.2, 0.25) is 0 Å². The van der Waals surface area contributed by atoms with E-state index in [0.29, 0.717) is 22.8 Å². The van der Waals surface area contributed by atoms with E-state index in [-0.39, 0.29) is 13.2 Å². The van der Waals surface area contributed by atoms with Crippen molar-refractivity contribution < 1.29 is 23.7 Å². The number of para-hydroxylation sites is 1. The fraction of sp³-hybridized carbons (Fsp3) is 0.235. The van der Waals surface area contributed by atoms with E-state index in [2.05, 4.69) is 15.9 Å². The molecule has 0 aliphatic rings. The Labute approximate surface area is 143 Å². The van der Waals surface area contributed by atoms with Gasteiger partial charge < -0.3 is 18.9 Å². The Kier molecular flexibility index (Phi) is 6.29. The standard InChI is InChI=1S/C17H17BrO5/c1-20-15-5-3-4-14(16(15)21-2)17(19)23-11-10-22-13-8-6-12(18)7-9-13/h3-9H,10-11H2,1-2H3. The molecule has 2 rings (SSSR count). The number of hydrogen-bond acceptors (Lipinski definition) is 5. The van der Waals surface area contributed by atoms with E-state index < -0.39 is 5.97 Å². The first-order valence-corrected chi connectivity index (χ1v) is 7.71. The first-order valence-electron chi connectivity index (χ1n) is 6.92. The van der Waals surface area contributed by atoms with Crippen LogP contribution in [0.1, 0.15) is 10.4 Å². The quantitative estimate of drug-likeness (QED) is 0.541. The SMILES string of the molecule is COc1cccc(C(=O)OCCOc2ccc(Br)cc2)c1OC. The predicted molar refractivity (Wildman–Crippen MR) is 89.5 cm³/mol. The van der Waals surface area contributed by atoms with Crippen molar-refractivity contribution in [1.82, 2.24) is 0 Å². The average Bonchev–Trinajstić information content (AvgIpc) is 2.59. The van der Waals surface area contributed by atoms with Crippen LogP contribution in [0.25, 0.3) is 0 Å². The summed E-state index contributed by atoms with van der Waals surface area (Å²) in [6.45, 7) is 0.398. The van der Waals surface area contributed by atoms with Gasteiger partial charge in [-0.25, -0.2) is 4.79 Å². The lowest BCUT2D eigenvalue weighted by Crippen LogP contribution is -2.13. The minimum absolute atomic E-state index is 0.134. The van der Waals surface area contributed by atoms with E-state index in [1.165, 1.54) is 14.2 Å². The molecule has 2 aromatic rings. The molecule has 0 fully saturated rings. The molecule has 0 N–H and O–H groups in total. The van der Waals surface area contributed by atoms with Gasteiger partial charge in [-0.3, -0.25) is 0 Å². The zero-order valence-corrected chi connectivity index (χ0v) is 14.5. The summed E-state index contributed by atoms with van der Waals surface area (Å²) in [6.07, 6.45) is 0. The highest BCUT2D eigenvalue weighted by atomic mass is 79.9. The topological polar surface area (TPSA) is 54.0 Å². The Balaban J connectivity index is 1.89. The van der Waals surface area contributed by atoms with Crippen LogP contribution in [0, 0.1) is 0 Å². The van der Waals surface area contributed by atoms with Gasteiger partial charge in [-0.1, -0.05) is 22.0 Å². The molecule has 0 radical (unpaired) electrons. The van der Waals surface area contributed by atoms with Crippen LogP contribution in [0.5, 0.6) is 17.2 Å². The van der Waals surface area contributed by atoms with Gasteiger partial charge in [-0.2, -0.15) is 0 Å². The van der Waals surface area contributed by atoms with Crippen LogP contribution >= 0.6 is 15.9 Å². The molecule has 0 unspecified atom stereocenters. The highest BCUT2D eigenvalue weighted by Crippen LogP contribution is 2.31. The number of ether oxygens (including phenoxy) is 4. The number of benzene rings is 2. The van der Waals surface area contributed by atoms with Crippen molar-refractivity contribution >= 4 is 21.9 Å². The summed E-state index contributed by atoms with van der Waals surface area (Å²) in [7, 11) is 2.99.